The van der Waals surface area contributed by atoms with Gasteiger partial charge in [-0.25, -0.2) is 0 Å². The van der Waals surface area contributed by atoms with Crippen LogP contribution in [0.2, 0.25) is 0 Å². The Kier molecular flexibility index (Phi) is 17.4. The molecule has 0 aromatic heterocycles. The van der Waals surface area contributed by atoms with Gasteiger partial charge in [-0.2, -0.15) is 0 Å². The van der Waals surface area contributed by atoms with E-state index in [1.807, 2.05) is 0 Å². The van der Waals surface area contributed by atoms with Crippen molar-refractivity contribution in [2.75, 3.05) is 39.8 Å². The summed E-state index contributed by atoms with van der Waals surface area (Å²) < 4.78 is 16.4. The molecule has 0 aromatic carbocycles. The van der Waals surface area contributed by atoms with Crippen molar-refractivity contribution in [1.29, 1.82) is 0 Å². The van der Waals surface area contributed by atoms with Crippen molar-refractivity contribution in [1.82, 2.24) is 0 Å². The van der Waals surface area contributed by atoms with Crippen LogP contribution in [0.5, 0.6) is 0 Å². The van der Waals surface area contributed by atoms with E-state index in [-0.39, 0.29) is 12.0 Å². The predicted octanol–water partition coefficient (Wildman–Crippen LogP) is 6.25. The lowest BCUT2D eigenvalue weighted by atomic mass is 9.92. The van der Waals surface area contributed by atoms with Gasteiger partial charge in [0.25, 0.3) is 0 Å². The van der Waals surface area contributed by atoms with Crippen molar-refractivity contribution >= 4 is 0 Å². The zero-order chi connectivity index (χ0) is 20.2. The van der Waals surface area contributed by atoms with E-state index in [0.717, 1.165) is 13.0 Å². The van der Waals surface area contributed by atoms with Gasteiger partial charge in [-0.1, -0.05) is 103 Å². The Morgan fingerprint density at radius 2 is 1.11 bits per heavy atom. The Morgan fingerprint density at radius 3 is 1.54 bits per heavy atom. The standard InChI is InChI=1S/C24H48O4/c1-2-3-4-5-6-7-8-9-10-11-12-13-14-15-16-17-18-26-20-24(19-25)21-27-23-28-22-24/h25H,2-23H2,1H3. The highest BCUT2D eigenvalue weighted by Crippen LogP contribution is 2.22. The fourth-order valence-corrected chi connectivity index (χ4v) is 3.88. The molecule has 0 aliphatic carbocycles. The Labute approximate surface area is 174 Å². The Hall–Kier alpha value is -0.160. The molecule has 4 heteroatoms. The smallest absolute Gasteiger partial charge is 0.146 e. The topological polar surface area (TPSA) is 47.9 Å². The van der Waals surface area contributed by atoms with E-state index in [0.29, 0.717) is 26.6 Å². The summed E-state index contributed by atoms with van der Waals surface area (Å²) in [5.41, 5.74) is -0.354. The lowest BCUT2D eigenvalue weighted by molar-refractivity contribution is -0.192. The molecule has 0 radical (unpaired) electrons. The minimum atomic E-state index is -0.354. The van der Waals surface area contributed by atoms with Crippen LogP contribution in [0.25, 0.3) is 0 Å². The Bertz CT molecular complexity index is 316. The number of aliphatic hydroxyl groups is 1. The maximum absolute atomic E-state index is 9.55. The Morgan fingerprint density at radius 1 is 0.679 bits per heavy atom. The van der Waals surface area contributed by atoms with Gasteiger partial charge in [-0.15, -0.1) is 0 Å². The highest BCUT2D eigenvalue weighted by atomic mass is 16.7. The average molecular weight is 401 g/mol. The van der Waals surface area contributed by atoms with E-state index >= 15 is 0 Å². The van der Waals surface area contributed by atoms with E-state index in [1.165, 1.54) is 96.3 Å². The average Bonchev–Trinajstić information content (AvgIpc) is 2.73. The van der Waals surface area contributed by atoms with Crippen molar-refractivity contribution in [3.05, 3.63) is 0 Å². The van der Waals surface area contributed by atoms with Crippen LogP contribution in [0, 0.1) is 5.41 Å². The molecule has 0 spiro atoms. The number of rotatable bonds is 20. The Balaban J connectivity index is 1.74. The molecule has 1 heterocycles. The summed E-state index contributed by atoms with van der Waals surface area (Å²) in [5, 5.41) is 9.55. The van der Waals surface area contributed by atoms with Crippen LogP contribution >= 0.6 is 0 Å². The third-order valence-electron chi connectivity index (χ3n) is 5.87. The van der Waals surface area contributed by atoms with Crippen molar-refractivity contribution < 1.29 is 19.3 Å². The molecule has 1 rings (SSSR count). The zero-order valence-electron chi connectivity index (χ0n) is 18.7. The summed E-state index contributed by atoms with van der Waals surface area (Å²) in [6, 6.07) is 0. The monoisotopic (exact) mass is 400 g/mol. The summed E-state index contributed by atoms with van der Waals surface area (Å²) in [6.45, 7) is 5.05. The maximum atomic E-state index is 9.55. The van der Waals surface area contributed by atoms with Crippen LogP contribution in [0.15, 0.2) is 0 Å². The van der Waals surface area contributed by atoms with Gasteiger partial charge in [0, 0.05) is 6.61 Å². The van der Waals surface area contributed by atoms with E-state index in [9.17, 15) is 5.11 Å². The molecule has 0 bridgehead atoms. The number of hydrogen-bond acceptors (Lipinski definition) is 4. The maximum Gasteiger partial charge on any atom is 0.146 e. The second-order valence-electron chi connectivity index (χ2n) is 8.83. The lowest BCUT2D eigenvalue weighted by Gasteiger charge is -2.34. The first-order valence-electron chi connectivity index (χ1n) is 12.2. The molecule has 0 saturated carbocycles. The molecular weight excluding hydrogens is 352 g/mol. The van der Waals surface area contributed by atoms with Gasteiger partial charge < -0.3 is 19.3 Å². The first-order valence-corrected chi connectivity index (χ1v) is 12.2. The van der Waals surface area contributed by atoms with E-state index < -0.39 is 0 Å². The second-order valence-corrected chi connectivity index (χ2v) is 8.83. The first kappa shape index (κ1) is 25.9. The number of aliphatic hydroxyl groups excluding tert-OH is 1. The van der Waals surface area contributed by atoms with Crippen LogP contribution in [0.4, 0.5) is 0 Å². The van der Waals surface area contributed by atoms with Crippen molar-refractivity contribution in [3.63, 3.8) is 0 Å². The summed E-state index contributed by atoms with van der Waals surface area (Å²) in [7, 11) is 0. The highest BCUT2D eigenvalue weighted by Gasteiger charge is 2.33. The quantitative estimate of drug-likeness (QED) is 0.245. The number of unbranched alkanes of at least 4 members (excludes halogenated alkanes) is 15. The van der Waals surface area contributed by atoms with Gasteiger partial charge in [-0.05, 0) is 6.42 Å². The molecule has 28 heavy (non-hydrogen) atoms. The van der Waals surface area contributed by atoms with Gasteiger partial charge in [0.1, 0.15) is 6.79 Å². The summed E-state index contributed by atoms with van der Waals surface area (Å²) in [4.78, 5) is 0. The van der Waals surface area contributed by atoms with E-state index in [2.05, 4.69) is 6.92 Å². The molecule has 0 amide bonds. The molecule has 1 aliphatic rings. The molecule has 0 aromatic rings. The fraction of sp³-hybridized carbons (Fsp3) is 1.00. The summed E-state index contributed by atoms with van der Waals surface area (Å²) in [6.07, 6.45) is 22.1. The summed E-state index contributed by atoms with van der Waals surface area (Å²) in [5.74, 6) is 0. The van der Waals surface area contributed by atoms with Crippen LogP contribution in [-0.2, 0) is 14.2 Å². The van der Waals surface area contributed by atoms with Gasteiger partial charge in [0.05, 0.1) is 31.8 Å². The van der Waals surface area contributed by atoms with Crippen molar-refractivity contribution in [2.45, 2.75) is 110 Å². The highest BCUT2D eigenvalue weighted by molar-refractivity contribution is 4.79. The molecule has 1 saturated heterocycles. The molecule has 168 valence electrons. The van der Waals surface area contributed by atoms with Gasteiger partial charge in [0.15, 0.2) is 0 Å². The minimum Gasteiger partial charge on any atom is -0.396 e. The normalized spacial score (nSPS) is 16.5. The fourth-order valence-electron chi connectivity index (χ4n) is 3.88. The molecule has 1 N–H and O–H groups in total. The minimum absolute atomic E-state index is 0.0615. The second kappa shape index (κ2) is 18.8. The van der Waals surface area contributed by atoms with Crippen LogP contribution in [-0.4, -0.2) is 44.9 Å². The van der Waals surface area contributed by atoms with E-state index in [4.69, 9.17) is 14.2 Å². The molecule has 0 atom stereocenters. The number of ether oxygens (including phenoxy) is 3. The summed E-state index contributed by atoms with van der Waals surface area (Å²) >= 11 is 0. The van der Waals surface area contributed by atoms with E-state index in [1.54, 1.807) is 0 Å². The van der Waals surface area contributed by atoms with Crippen LogP contribution in [0.1, 0.15) is 110 Å². The molecular formula is C24H48O4. The van der Waals surface area contributed by atoms with Crippen LogP contribution in [0.3, 0.4) is 0 Å². The number of hydrogen-bond donors (Lipinski definition) is 1. The van der Waals surface area contributed by atoms with Crippen molar-refractivity contribution in [2.24, 2.45) is 5.41 Å². The molecule has 4 nitrogen and oxygen atoms in total. The van der Waals surface area contributed by atoms with Crippen molar-refractivity contribution in [3.8, 4) is 0 Å². The molecule has 1 aliphatic heterocycles. The predicted molar refractivity (Wildman–Crippen MR) is 117 cm³/mol. The lowest BCUT2D eigenvalue weighted by Crippen LogP contribution is -2.44. The van der Waals surface area contributed by atoms with Crippen LogP contribution < -0.4 is 0 Å². The third kappa shape index (κ3) is 13.9. The third-order valence-corrected chi connectivity index (χ3v) is 5.87. The van der Waals surface area contributed by atoms with Gasteiger partial charge in [-0.3, -0.25) is 0 Å². The largest absolute Gasteiger partial charge is 0.396 e. The van der Waals surface area contributed by atoms with Gasteiger partial charge in [0.2, 0.25) is 0 Å². The van der Waals surface area contributed by atoms with Gasteiger partial charge >= 0.3 is 0 Å². The molecule has 1 fully saturated rings. The molecule has 0 unspecified atom stereocenters. The first-order chi connectivity index (χ1) is 13.8. The SMILES string of the molecule is CCCCCCCCCCCCCCCCCCOCC1(CO)COCOC1. The zero-order valence-corrected chi connectivity index (χ0v) is 18.7.